The lowest BCUT2D eigenvalue weighted by Crippen LogP contribution is -2.23. The van der Waals surface area contributed by atoms with Crippen molar-refractivity contribution in [3.63, 3.8) is 0 Å². The first-order chi connectivity index (χ1) is 8.11. The molecule has 0 fully saturated rings. The van der Waals surface area contributed by atoms with E-state index in [0.29, 0.717) is 18.1 Å². The second kappa shape index (κ2) is 4.80. The molecule has 4 heteroatoms. The molecule has 1 heterocycles. The van der Waals surface area contributed by atoms with Gasteiger partial charge >= 0.3 is 5.69 Å². The number of imidazole rings is 1. The summed E-state index contributed by atoms with van der Waals surface area (Å²) in [7, 11) is 0. The molecule has 0 N–H and O–H groups in total. The van der Waals surface area contributed by atoms with Gasteiger partial charge in [-0.05, 0) is 31.0 Å². The van der Waals surface area contributed by atoms with E-state index in [1.54, 1.807) is 21.5 Å². The standard InChI is InChI=1S/C13H15ClN2O/c1-3-15-6-7-16(13(15)17)9-11-5-4-10(2)8-12(11)14/h4-8H,3,9H2,1-2H3. The summed E-state index contributed by atoms with van der Waals surface area (Å²) in [5, 5.41) is 0.709. The lowest BCUT2D eigenvalue weighted by atomic mass is 10.1. The van der Waals surface area contributed by atoms with E-state index in [2.05, 4.69) is 0 Å². The third-order valence-electron chi connectivity index (χ3n) is 2.81. The highest BCUT2D eigenvalue weighted by atomic mass is 35.5. The van der Waals surface area contributed by atoms with Crippen molar-refractivity contribution < 1.29 is 0 Å². The molecule has 3 nitrogen and oxygen atoms in total. The normalized spacial score (nSPS) is 10.8. The van der Waals surface area contributed by atoms with Gasteiger partial charge in [-0.15, -0.1) is 0 Å². The molecule has 2 rings (SSSR count). The van der Waals surface area contributed by atoms with Gasteiger partial charge < -0.3 is 0 Å². The van der Waals surface area contributed by atoms with Crippen LogP contribution in [0.5, 0.6) is 0 Å². The third kappa shape index (κ3) is 2.44. The Kier molecular flexibility index (Phi) is 3.38. The molecule has 0 spiro atoms. The van der Waals surface area contributed by atoms with E-state index in [-0.39, 0.29) is 5.69 Å². The van der Waals surface area contributed by atoms with Crippen molar-refractivity contribution in [2.75, 3.05) is 0 Å². The van der Waals surface area contributed by atoms with Gasteiger partial charge in [-0.1, -0.05) is 23.7 Å². The van der Waals surface area contributed by atoms with Crippen LogP contribution in [0, 0.1) is 6.92 Å². The van der Waals surface area contributed by atoms with Crippen molar-refractivity contribution in [2.24, 2.45) is 0 Å². The average Bonchev–Trinajstić information content (AvgIpc) is 2.64. The van der Waals surface area contributed by atoms with Crippen molar-refractivity contribution in [1.82, 2.24) is 9.13 Å². The van der Waals surface area contributed by atoms with Crippen molar-refractivity contribution in [3.8, 4) is 0 Å². The number of halogens is 1. The minimum Gasteiger partial charge on any atom is -0.300 e. The van der Waals surface area contributed by atoms with Gasteiger partial charge in [0.15, 0.2) is 0 Å². The van der Waals surface area contributed by atoms with Crippen LogP contribution < -0.4 is 5.69 Å². The fourth-order valence-electron chi connectivity index (χ4n) is 1.78. The number of nitrogens with zero attached hydrogens (tertiary/aromatic N) is 2. The SMILES string of the molecule is CCn1ccn(Cc2ccc(C)cc2Cl)c1=O. The van der Waals surface area contributed by atoms with Gasteiger partial charge in [0, 0.05) is 24.0 Å². The summed E-state index contributed by atoms with van der Waals surface area (Å²) in [6.45, 7) is 5.15. The van der Waals surface area contributed by atoms with E-state index in [1.165, 1.54) is 0 Å². The van der Waals surface area contributed by atoms with Gasteiger partial charge in [0.05, 0.1) is 6.54 Å². The molecule has 17 heavy (non-hydrogen) atoms. The van der Waals surface area contributed by atoms with Crippen LogP contribution >= 0.6 is 11.6 Å². The maximum Gasteiger partial charge on any atom is 0.328 e. The van der Waals surface area contributed by atoms with Crippen LogP contribution in [0.3, 0.4) is 0 Å². The van der Waals surface area contributed by atoms with Crippen molar-refractivity contribution in [2.45, 2.75) is 26.9 Å². The Bertz CT molecular complexity index is 583. The number of rotatable bonds is 3. The molecule has 0 atom stereocenters. The maximum atomic E-state index is 11.9. The first kappa shape index (κ1) is 12.0. The smallest absolute Gasteiger partial charge is 0.300 e. The van der Waals surface area contributed by atoms with Crippen LogP contribution in [0.4, 0.5) is 0 Å². The molecule has 0 unspecified atom stereocenters. The van der Waals surface area contributed by atoms with E-state index in [0.717, 1.165) is 11.1 Å². The molecule has 1 aromatic carbocycles. The molecule has 0 aliphatic rings. The van der Waals surface area contributed by atoms with E-state index in [9.17, 15) is 4.79 Å². The van der Waals surface area contributed by atoms with Crippen LogP contribution in [0.2, 0.25) is 5.02 Å². The van der Waals surface area contributed by atoms with Gasteiger partial charge in [-0.2, -0.15) is 0 Å². The molecular weight excluding hydrogens is 236 g/mol. The highest BCUT2D eigenvalue weighted by molar-refractivity contribution is 6.31. The Hall–Kier alpha value is -1.48. The monoisotopic (exact) mass is 250 g/mol. The first-order valence-corrected chi connectivity index (χ1v) is 6.00. The third-order valence-corrected chi connectivity index (χ3v) is 3.16. The van der Waals surface area contributed by atoms with Crippen molar-refractivity contribution >= 4 is 11.6 Å². The molecule has 1 aromatic heterocycles. The largest absolute Gasteiger partial charge is 0.328 e. The number of aryl methyl sites for hydroxylation is 2. The molecule has 0 bridgehead atoms. The molecule has 0 radical (unpaired) electrons. The summed E-state index contributed by atoms with van der Waals surface area (Å²) < 4.78 is 3.34. The van der Waals surface area contributed by atoms with E-state index in [1.807, 2.05) is 32.0 Å². The Morgan fingerprint density at radius 3 is 2.53 bits per heavy atom. The minimum absolute atomic E-state index is 0.00383. The Balaban J connectivity index is 2.31. The first-order valence-electron chi connectivity index (χ1n) is 5.62. The molecule has 0 saturated carbocycles. The van der Waals surface area contributed by atoms with Crippen LogP contribution in [0.1, 0.15) is 18.1 Å². The number of hydrogen-bond donors (Lipinski definition) is 0. The van der Waals surface area contributed by atoms with E-state index in [4.69, 9.17) is 11.6 Å². The zero-order valence-electron chi connectivity index (χ0n) is 9.98. The Morgan fingerprint density at radius 2 is 1.94 bits per heavy atom. The van der Waals surface area contributed by atoms with Crippen molar-refractivity contribution in [1.29, 1.82) is 0 Å². The molecule has 90 valence electrons. The predicted octanol–water partition coefficient (Wildman–Crippen LogP) is 2.68. The quantitative estimate of drug-likeness (QED) is 0.823. The zero-order chi connectivity index (χ0) is 12.4. The Labute approximate surface area is 105 Å². The zero-order valence-corrected chi connectivity index (χ0v) is 10.7. The second-order valence-corrected chi connectivity index (χ2v) is 4.50. The number of aromatic nitrogens is 2. The Morgan fingerprint density at radius 1 is 1.24 bits per heavy atom. The lowest BCUT2D eigenvalue weighted by Gasteiger charge is -2.05. The topological polar surface area (TPSA) is 26.9 Å². The second-order valence-electron chi connectivity index (χ2n) is 4.09. The maximum absolute atomic E-state index is 11.9. The van der Waals surface area contributed by atoms with Crippen LogP contribution in [-0.2, 0) is 13.1 Å². The average molecular weight is 251 g/mol. The fraction of sp³-hybridized carbons (Fsp3) is 0.308. The van der Waals surface area contributed by atoms with Gasteiger partial charge in [0.25, 0.3) is 0 Å². The molecule has 0 amide bonds. The molecular formula is C13H15ClN2O. The summed E-state index contributed by atoms with van der Waals surface area (Å²) in [5.74, 6) is 0. The van der Waals surface area contributed by atoms with Gasteiger partial charge in [0.1, 0.15) is 0 Å². The molecule has 0 saturated heterocycles. The molecule has 0 aliphatic heterocycles. The van der Waals surface area contributed by atoms with Crippen LogP contribution in [-0.4, -0.2) is 9.13 Å². The summed E-state index contributed by atoms with van der Waals surface area (Å²) in [6.07, 6.45) is 3.59. The summed E-state index contributed by atoms with van der Waals surface area (Å²) in [4.78, 5) is 11.9. The molecule has 2 aromatic rings. The predicted molar refractivity (Wildman–Crippen MR) is 69.7 cm³/mol. The van der Waals surface area contributed by atoms with Crippen LogP contribution in [0.15, 0.2) is 35.4 Å². The number of hydrogen-bond acceptors (Lipinski definition) is 1. The van der Waals surface area contributed by atoms with Gasteiger partial charge in [0.2, 0.25) is 0 Å². The summed E-state index contributed by atoms with van der Waals surface area (Å²) in [6, 6.07) is 5.88. The highest BCUT2D eigenvalue weighted by Crippen LogP contribution is 2.18. The van der Waals surface area contributed by atoms with E-state index < -0.39 is 0 Å². The number of benzene rings is 1. The van der Waals surface area contributed by atoms with Crippen LogP contribution in [0.25, 0.3) is 0 Å². The summed E-state index contributed by atoms with van der Waals surface area (Å²) >= 11 is 6.15. The summed E-state index contributed by atoms with van der Waals surface area (Å²) in [5.41, 5.74) is 2.09. The highest BCUT2D eigenvalue weighted by Gasteiger charge is 2.05. The van der Waals surface area contributed by atoms with Crippen molar-refractivity contribution in [3.05, 3.63) is 57.2 Å². The minimum atomic E-state index is 0.00383. The van der Waals surface area contributed by atoms with E-state index >= 15 is 0 Å². The fourth-order valence-corrected chi connectivity index (χ4v) is 2.07. The molecule has 0 aliphatic carbocycles. The van der Waals surface area contributed by atoms with Gasteiger partial charge in [-0.25, -0.2) is 4.79 Å². The lowest BCUT2D eigenvalue weighted by molar-refractivity contribution is 0.668. The van der Waals surface area contributed by atoms with Gasteiger partial charge in [-0.3, -0.25) is 9.13 Å².